The molecule has 35 heavy (non-hydrogen) atoms. The van der Waals surface area contributed by atoms with Crippen LogP contribution in [-0.4, -0.2) is 22.7 Å². The summed E-state index contributed by atoms with van der Waals surface area (Å²) in [5, 5.41) is 24.0. The second-order valence-electron chi connectivity index (χ2n) is 10.4. The number of carboxylic acids is 1. The van der Waals surface area contributed by atoms with Crippen LogP contribution in [0, 0.1) is 0 Å². The van der Waals surface area contributed by atoms with Crippen molar-refractivity contribution in [1.29, 1.82) is 0 Å². The molecular weight excluding hydrogens is 438 g/mol. The molecule has 2 atom stereocenters. The minimum atomic E-state index is -0.961. The molecule has 0 aliphatic carbocycles. The van der Waals surface area contributed by atoms with Crippen LogP contribution in [0.5, 0.6) is 5.75 Å². The SMILES string of the molecule is CCCCCCCCCCCOc1ccc([C@@]2(C)CC[C@](C)(c3ccc(C(=O)O)cc3)N2[O])cc1. The number of hydrogen-bond acceptors (Lipinski definition) is 3. The molecule has 1 aliphatic heterocycles. The van der Waals surface area contributed by atoms with Crippen molar-refractivity contribution in [3.05, 3.63) is 65.2 Å². The highest BCUT2D eigenvalue weighted by atomic mass is 16.5. The van der Waals surface area contributed by atoms with E-state index in [-0.39, 0.29) is 5.56 Å². The topological polar surface area (TPSA) is 69.7 Å². The number of carboxylic acid groups (broad SMARTS) is 1. The normalized spacial score (nSPS) is 22.4. The van der Waals surface area contributed by atoms with Crippen LogP contribution in [0.3, 0.4) is 0 Å². The maximum atomic E-state index is 13.6. The van der Waals surface area contributed by atoms with Gasteiger partial charge in [-0.1, -0.05) is 82.6 Å². The zero-order valence-electron chi connectivity index (χ0n) is 21.7. The molecule has 1 radical (unpaired) electrons. The largest absolute Gasteiger partial charge is 0.494 e. The van der Waals surface area contributed by atoms with Crippen molar-refractivity contribution in [2.75, 3.05) is 6.61 Å². The Morgan fingerprint density at radius 1 is 0.800 bits per heavy atom. The van der Waals surface area contributed by atoms with Crippen LogP contribution in [-0.2, 0) is 16.3 Å². The average Bonchev–Trinajstić information content (AvgIpc) is 3.11. The second kappa shape index (κ2) is 12.5. The van der Waals surface area contributed by atoms with Gasteiger partial charge in [0.2, 0.25) is 0 Å². The lowest BCUT2D eigenvalue weighted by atomic mass is 9.89. The first-order chi connectivity index (χ1) is 16.8. The summed E-state index contributed by atoms with van der Waals surface area (Å²) in [5.41, 5.74) is 0.719. The zero-order valence-corrected chi connectivity index (χ0v) is 21.7. The van der Waals surface area contributed by atoms with Crippen molar-refractivity contribution in [3.63, 3.8) is 0 Å². The molecule has 2 aromatic rings. The highest BCUT2D eigenvalue weighted by Crippen LogP contribution is 2.51. The molecule has 1 fully saturated rings. The lowest BCUT2D eigenvalue weighted by Crippen LogP contribution is -2.44. The van der Waals surface area contributed by atoms with Crippen molar-refractivity contribution < 1.29 is 19.8 Å². The third-order valence-corrected chi connectivity index (χ3v) is 7.74. The summed E-state index contributed by atoms with van der Waals surface area (Å²) in [6.45, 7) is 6.92. The Morgan fingerprint density at radius 3 is 1.74 bits per heavy atom. The van der Waals surface area contributed by atoms with E-state index in [1.54, 1.807) is 24.3 Å². The maximum Gasteiger partial charge on any atom is 0.335 e. The van der Waals surface area contributed by atoms with Crippen LogP contribution in [0.15, 0.2) is 48.5 Å². The molecule has 1 aliphatic rings. The number of carbonyl (C=O) groups is 1. The number of benzene rings is 2. The molecule has 0 amide bonds. The summed E-state index contributed by atoms with van der Waals surface area (Å²) < 4.78 is 5.94. The van der Waals surface area contributed by atoms with E-state index in [2.05, 4.69) is 6.92 Å². The van der Waals surface area contributed by atoms with Gasteiger partial charge in [-0.25, -0.2) is 4.79 Å². The molecule has 5 heteroatoms. The Bertz CT molecular complexity index is 926. The lowest BCUT2D eigenvalue weighted by Gasteiger charge is -2.37. The van der Waals surface area contributed by atoms with Gasteiger partial charge in [-0.2, -0.15) is 0 Å². The Labute approximate surface area is 211 Å². The van der Waals surface area contributed by atoms with Gasteiger partial charge in [-0.05, 0) is 68.5 Å². The standard InChI is InChI=1S/C30H42NO4/c1-4-5-6-7-8-9-10-11-12-23-35-27-19-17-26(18-20-27)30(3)22-21-29(2,31(30)34)25-15-13-24(14-16-25)28(32)33/h13-20H,4-12,21-23H2,1-3H3,(H,32,33)/t29-,30-/m1/s1. The number of rotatable bonds is 14. The van der Waals surface area contributed by atoms with E-state index in [4.69, 9.17) is 9.84 Å². The summed E-state index contributed by atoms with van der Waals surface area (Å²) >= 11 is 0. The molecule has 1 saturated heterocycles. The Kier molecular flexibility index (Phi) is 9.76. The van der Waals surface area contributed by atoms with Gasteiger partial charge in [-0.15, -0.1) is 10.3 Å². The molecule has 1 N–H and O–H groups in total. The van der Waals surface area contributed by atoms with E-state index in [1.165, 1.54) is 56.4 Å². The van der Waals surface area contributed by atoms with Crippen molar-refractivity contribution in [3.8, 4) is 5.75 Å². The molecule has 5 nitrogen and oxygen atoms in total. The molecule has 0 spiro atoms. The van der Waals surface area contributed by atoms with E-state index in [0.29, 0.717) is 6.42 Å². The average molecular weight is 481 g/mol. The Morgan fingerprint density at radius 2 is 1.26 bits per heavy atom. The number of unbranched alkanes of at least 4 members (excludes halogenated alkanes) is 8. The zero-order chi connectivity index (χ0) is 25.3. The fourth-order valence-electron chi connectivity index (χ4n) is 5.24. The van der Waals surface area contributed by atoms with Gasteiger partial charge >= 0.3 is 5.97 Å². The van der Waals surface area contributed by atoms with Gasteiger partial charge in [-0.3, -0.25) is 0 Å². The minimum Gasteiger partial charge on any atom is -0.494 e. The third-order valence-electron chi connectivity index (χ3n) is 7.74. The molecule has 0 bridgehead atoms. The smallest absolute Gasteiger partial charge is 0.335 e. The molecule has 3 rings (SSSR count). The monoisotopic (exact) mass is 480 g/mol. The van der Waals surface area contributed by atoms with Crippen LogP contribution in [0.1, 0.15) is 113 Å². The van der Waals surface area contributed by atoms with E-state index < -0.39 is 17.0 Å². The van der Waals surface area contributed by atoms with Crippen LogP contribution < -0.4 is 4.74 Å². The van der Waals surface area contributed by atoms with Gasteiger partial charge in [0.15, 0.2) is 0 Å². The molecule has 1 heterocycles. The number of hydroxylamine groups is 2. The minimum absolute atomic E-state index is 0.230. The van der Waals surface area contributed by atoms with Crippen molar-refractivity contribution in [2.45, 2.75) is 102 Å². The number of nitrogens with zero attached hydrogens (tertiary/aromatic N) is 1. The summed E-state index contributed by atoms with van der Waals surface area (Å²) in [7, 11) is 0. The van der Waals surface area contributed by atoms with Crippen LogP contribution in [0.2, 0.25) is 0 Å². The number of hydrogen-bond donors (Lipinski definition) is 1. The van der Waals surface area contributed by atoms with Gasteiger partial charge in [0.25, 0.3) is 0 Å². The fourth-order valence-corrected chi connectivity index (χ4v) is 5.24. The second-order valence-corrected chi connectivity index (χ2v) is 10.4. The third kappa shape index (κ3) is 6.65. The van der Waals surface area contributed by atoms with Crippen LogP contribution in [0.4, 0.5) is 0 Å². The first-order valence-corrected chi connectivity index (χ1v) is 13.4. The highest BCUT2D eigenvalue weighted by molar-refractivity contribution is 5.87. The van der Waals surface area contributed by atoms with Gasteiger partial charge < -0.3 is 9.84 Å². The highest BCUT2D eigenvalue weighted by Gasteiger charge is 2.52. The van der Waals surface area contributed by atoms with Gasteiger partial charge in [0.1, 0.15) is 5.75 Å². The summed E-state index contributed by atoms with van der Waals surface area (Å²) in [4.78, 5) is 11.2. The predicted octanol–water partition coefficient (Wildman–Crippen LogP) is 7.87. The van der Waals surface area contributed by atoms with Gasteiger partial charge in [0.05, 0.1) is 23.2 Å². The molecule has 0 unspecified atom stereocenters. The molecular formula is C30H42NO4. The summed E-state index contributed by atoms with van der Waals surface area (Å²) in [6.07, 6.45) is 13.1. The predicted molar refractivity (Wildman–Crippen MR) is 139 cm³/mol. The van der Waals surface area contributed by atoms with Crippen molar-refractivity contribution in [1.82, 2.24) is 5.06 Å². The molecule has 191 valence electrons. The molecule has 2 aromatic carbocycles. The van der Waals surface area contributed by atoms with Gasteiger partial charge in [0, 0.05) is 0 Å². The fraction of sp³-hybridized carbons (Fsp3) is 0.567. The quantitative estimate of drug-likeness (QED) is 0.279. The first-order valence-electron chi connectivity index (χ1n) is 13.4. The van der Waals surface area contributed by atoms with Crippen molar-refractivity contribution >= 4 is 5.97 Å². The molecule has 0 aromatic heterocycles. The van der Waals surface area contributed by atoms with Crippen LogP contribution in [0.25, 0.3) is 0 Å². The summed E-state index contributed by atoms with van der Waals surface area (Å²) in [6, 6.07) is 14.6. The maximum absolute atomic E-state index is 13.6. The lowest BCUT2D eigenvalue weighted by molar-refractivity contribution is -0.260. The van der Waals surface area contributed by atoms with Crippen LogP contribution >= 0.6 is 0 Å². The van der Waals surface area contributed by atoms with Crippen molar-refractivity contribution in [2.24, 2.45) is 0 Å². The van der Waals surface area contributed by atoms with E-state index in [0.717, 1.165) is 36.3 Å². The van der Waals surface area contributed by atoms with E-state index in [1.807, 2.05) is 38.1 Å². The number of ether oxygens (including phenoxy) is 1. The first kappa shape index (κ1) is 27.2. The Hall–Kier alpha value is -2.37. The van der Waals surface area contributed by atoms with E-state index in [9.17, 15) is 10.0 Å². The molecule has 0 saturated carbocycles. The Balaban J connectivity index is 1.49. The summed E-state index contributed by atoms with van der Waals surface area (Å²) in [5.74, 6) is -0.114. The van der Waals surface area contributed by atoms with E-state index >= 15 is 0 Å². The number of aromatic carboxylic acids is 1.